The first-order chi connectivity index (χ1) is 10.0. The van der Waals surface area contributed by atoms with Crippen LogP contribution in [0.1, 0.15) is 18.2 Å². The summed E-state index contributed by atoms with van der Waals surface area (Å²) in [5, 5.41) is 26.3. The number of nitro groups is 1. The molecule has 0 aliphatic heterocycles. The summed E-state index contributed by atoms with van der Waals surface area (Å²) in [7, 11) is 0. The summed E-state index contributed by atoms with van der Waals surface area (Å²) in [5.74, 6) is -0.589. The number of pyridine rings is 1. The number of rotatable bonds is 6. The summed E-state index contributed by atoms with van der Waals surface area (Å²) < 4.78 is 0. The Hall–Kier alpha value is -1.86. The Balaban J connectivity index is 2.21. The zero-order valence-electron chi connectivity index (χ0n) is 11.2. The largest absolute Gasteiger partial charge is 0.488 e. The van der Waals surface area contributed by atoms with Gasteiger partial charge in [0.05, 0.1) is 9.95 Å². The van der Waals surface area contributed by atoms with Gasteiger partial charge in [-0.3, -0.25) is 10.1 Å². The molecule has 2 rings (SSSR count). The van der Waals surface area contributed by atoms with Gasteiger partial charge in [0.15, 0.2) is 0 Å². The fourth-order valence-electron chi connectivity index (χ4n) is 1.95. The predicted octanol–water partition coefficient (Wildman–Crippen LogP) is 3.84. The van der Waals surface area contributed by atoms with E-state index in [9.17, 15) is 15.2 Å². The molecular formula is C13H14ClN3O3S. The van der Waals surface area contributed by atoms with Crippen LogP contribution in [0.3, 0.4) is 0 Å². The van der Waals surface area contributed by atoms with E-state index >= 15 is 0 Å². The van der Waals surface area contributed by atoms with Crippen molar-refractivity contribution in [1.29, 1.82) is 0 Å². The first-order valence-corrected chi connectivity index (χ1v) is 7.59. The van der Waals surface area contributed by atoms with Crippen LogP contribution in [0.15, 0.2) is 23.7 Å². The molecule has 1 atom stereocenters. The third kappa shape index (κ3) is 3.62. The van der Waals surface area contributed by atoms with Gasteiger partial charge in [0.25, 0.3) is 5.88 Å². The Bertz CT molecular complexity index is 647. The van der Waals surface area contributed by atoms with Crippen LogP contribution in [0.25, 0.3) is 0 Å². The van der Waals surface area contributed by atoms with E-state index in [0.717, 1.165) is 11.3 Å². The smallest absolute Gasteiger partial charge is 0.353 e. The lowest BCUT2D eigenvalue weighted by atomic mass is 10.1. The van der Waals surface area contributed by atoms with Crippen molar-refractivity contribution in [3.8, 4) is 5.88 Å². The van der Waals surface area contributed by atoms with Gasteiger partial charge in [-0.05, 0) is 23.9 Å². The van der Waals surface area contributed by atoms with Crippen molar-refractivity contribution in [3.63, 3.8) is 0 Å². The van der Waals surface area contributed by atoms with Gasteiger partial charge in [0.2, 0.25) is 0 Å². The van der Waals surface area contributed by atoms with Crippen LogP contribution in [-0.2, 0) is 6.42 Å². The molecule has 0 fully saturated rings. The van der Waals surface area contributed by atoms with E-state index < -0.39 is 16.5 Å². The number of aromatic hydroxyl groups is 1. The van der Waals surface area contributed by atoms with E-state index in [4.69, 9.17) is 11.6 Å². The Kier molecular flexibility index (Phi) is 4.98. The van der Waals surface area contributed by atoms with Gasteiger partial charge in [-0.25, -0.2) is 4.98 Å². The highest BCUT2D eigenvalue weighted by molar-refractivity contribution is 7.10. The highest BCUT2D eigenvalue weighted by atomic mass is 35.5. The molecule has 0 bridgehead atoms. The third-order valence-electron chi connectivity index (χ3n) is 3.06. The second-order valence-corrected chi connectivity index (χ2v) is 5.84. The average Bonchev–Trinajstić information content (AvgIpc) is 2.83. The fraction of sp³-hybridized carbons (Fsp3) is 0.308. The average molecular weight is 328 g/mol. The molecule has 2 N–H and O–H groups in total. The molecule has 0 spiro atoms. The van der Waals surface area contributed by atoms with Crippen molar-refractivity contribution in [2.45, 2.75) is 25.8 Å². The number of thiophene rings is 1. The number of hydrogen-bond donors (Lipinski definition) is 2. The summed E-state index contributed by atoms with van der Waals surface area (Å²) in [6.45, 7) is 1.98. The van der Waals surface area contributed by atoms with Crippen LogP contribution in [0, 0.1) is 10.1 Å². The zero-order valence-corrected chi connectivity index (χ0v) is 12.8. The minimum atomic E-state index is -0.643. The first-order valence-electron chi connectivity index (χ1n) is 6.33. The molecule has 0 unspecified atom stereocenters. The van der Waals surface area contributed by atoms with Gasteiger partial charge >= 0.3 is 5.69 Å². The Labute approximate surface area is 130 Å². The van der Waals surface area contributed by atoms with E-state index in [-0.39, 0.29) is 11.7 Å². The highest BCUT2D eigenvalue weighted by Crippen LogP contribution is 2.33. The maximum Gasteiger partial charge on any atom is 0.353 e. The summed E-state index contributed by atoms with van der Waals surface area (Å²) in [4.78, 5) is 15.0. The second kappa shape index (κ2) is 6.73. The van der Waals surface area contributed by atoms with Crippen LogP contribution in [0.5, 0.6) is 5.88 Å². The first kappa shape index (κ1) is 15.5. The molecule has 2 aromatic heterocycles. The van der Waals surface area contributed by atoms with E-state index in [0.29, 0.717) is 11.4 Å². The van der Waals surface area contributed by atoms with Crippen molar-refractivity contribution < 1.29 is 10.0 Å². The molecule has 21 heavy (non-hydrogen) atoms. The van der Waals surface area contributed by atoms with Crippen LogP contribution < -0.4 is 5.32 Å². The molecule has 8 heteroatoms. The van der Waals surface area contributed by atoms with Crippen LogP contribution in [0.2, 0.25) is 5.02 Å². The number of aromatic nitrogens is 1. The summed E-state index contributed by atoms with van der Waals surface area (Å²) >= 11 is 7.63. The highest BCUT2D eigenvalue weighted by Gasteiger charge is 2.23. The summed E-state index contributed by atoms with van der Waals surface area (Å²) in [5.41, 5.74) is -0.153. The van der Waals surface area contributed by atoms with Crippen molar-refractivity contribution in [3.05, 3.63) is 43.7 Å². The molecule has 0 aromatic carbocycles. The lowest BCUT2D eigenvalue weighted by Gasteiger charge is -2.17. The van der Waals surface area contributed by atoms with Gasteiger partial charge in [0.1, 0.15) is 5.69 Å². The normalized spacial score (nSPS) is 12.1. The van der Waals surface area contributed by atoms with Crippen molar-refractivity contribution in [1.82, 2.24) is 4.98 Å². The molecule has 0 saturated heterocycles. The number of hydrogen-bond acceptors (Lipinski definition) is 6. The topological polar surface area (TPSA) is 88.3 Å². The minimum absolute atomic E-state index is 0.0263. The van der Waals surface area contributed by atoms with Gasteiger partial charge in [-0.1, -0.05) is 18.5 Å². The van der Waals surface area contributed by atoms with Crippen LogP contribution in [0.4, 0.5) is 11.4 Å². The molecule has 2 heterocycles. The SMILES string of the molecule is CC[C@H](Cc1sccc1Cl)Nc1ccnc(O)c1[N+](=O)[O-]. The number of nitrogens with zero attached hydrogens (tertiary/aromatic N) is 2. The van der Waals surface area contributed by atoms with Crippen LogP contribution in [-0.4, -0.2) is 21.1 Å². The van der Waals surface area contributed by atoms with Gasteiger partial charge < -0.3 is 10.4 Å². The predicted molar refractivity (Wildman–Crippen MR) is 83.3 cm³/mol. The monoisotopic (exact) mass is 327 g/mol. The molecule has 0 aliphatic carbocycles. The number of nitrogens with one attached hydrogen (secondary N) is 1. The van der Waals surface area contributed by atoms with Crippen molar-refractivity contribution in [2.75, 3.05) is 5.32 Å². The zero-order chi connectivity index (χ0) is 15.4. The van der Waals surface area contributed by atoms with Gasteiger partial charge in [-0.15, -0.1) is 11.3 Å². The Morgan fingerprint density at radius 2 is 2.33 bits per heavy atom. The lowest BCUT2D eigenvalue weighted by molar-refractivity contribution is -0.385. The number of halogens is 1. The molecule has 0 amide bonds. The van der Waals surface area contributed by atoms with Crippen molar-refractivity contribution >= 4 is 34.3 Å². The maximum absolute atomic E-state index is 11.0. The maximum atomic E-state index is 11.0. The molecule has 112 valence electrons. The molecule has 2 aromatic rings. The van der Waals surface area contributed by atoms with Crippen molar-refractivity contribution in [2.24, 2.45) is 0 Å². The fourth-order valence-corrected chi connectivity index (χ4v) is 3.15. The Morgan fingerprint density at radius 1 is 1.57 bits per heavy atom. The molecule has 0 radical (unpaired) electrons. The van der Waals surface area contributed by atoms with E-state index in [2.05, 4.69) is 10.3 Å². The Morgan fingerprint density at radius 3 is 2.90 bits per heavy atom. The molecule has 6 nitrogen and oxygen atoms in total. The summed E-state index contributed by atoms with van der Waals surface area (Å²) in [6.07, 6.45) is 2.75. The van der Waals surface area contributed by atoms with E-state index in [1.165, 1.54) is 12.3 Å². The molecule has 0 aliphatic rings. The van der Waals surface area contributed by atoms with Gasteiger partial charge in [0, 0.05) is 23.5 Å². The molecule has 0 saturated carbocycles. The van der Waals surface area contributed by atoms with Crippen LogP contribution >= 0.6 is 22.9 Å². The van der Waals surface area contributed by atoms with E-state index in [1.807, 2.05) is 18.4 Å². The quantitative estimate of drug-likeness (QED) is 0.621. The third-order valence-corrected chi connectivity index (χ3v) is 4.47. The second-order valence-electron chi connectivity index (χ2n) is 4.43. The minimum Gasteiger partial charge on any atom is -0.488 e. The van der Waals surface area contributed by atoms with Gasteiger partial charge in [-0.2, -0.15) is 0 Å². The molecular weight excluding hydrogens is 314 g/mol. The summed E-state index contributed by atoms with van der Waals surface area (Å²) in [6, 6.07) is 3.28. The number of anilines is 1. The van der Waals surface area contributed by atoms with E-state index in [1.54, 1.807) is 11.3 Å². The standard InChI is InChI=1S/C13H14ClN3O3S/c1-2-8(7-11-9(14)4-6-21-11)16-10-3-5-15-13(18)12(10)17(19)20/h3-6,8H,2,7H2,1H3,(H2,15,16,18)/t8-/m1/s1. The lowest BCUT2D eigenvalue weighted by Crippen LogP contribution is -2.21.